The summed E-state index contributed by atoms with van der Waals surface area (Å²) in [5.74, 6) is 0. The molecule has 1 aromatic rings. The van der Waals surface area contributed by atoms with Crippen molar-refractivity contribution in [2.45, 2.75) is 26.7 Å². The third-order valence-electron chi connectivity index (χ3n) is 1.82. The van der Waals surface area contributed by atoms with Crippen LogP contribution in [0, 0.1) is 11.3 Å². The Morgan fingerprint density at radius 2 is 2.08 bits per heavy atom. The van der Waals surface area contributed by atoms with Gasteiger partial charge in [0.15, 0.2) is 0 Å². The minimum atomic E-state index is 0.534. The third kappa shape index (κ3) is 1.82. The quantitative estimate of drug-likeness (QED) is 0.664. The van der Waals surface area contributed by atoms with E-state index in [1.165, 1.54) is 5.56 Å². The second-order valence-corrected chi connectivity index (χ2v) is 2.67. The first-order valence-electron chi connectivity index (χ1n) is 4.20. The fraction of sp³-hybridized carbons (Fsp3) is 0.400. The Morgan fingerprint density at radius 1 is 1.33 bits per heavy atom. The van der Waals surface area contributed by atoms with E-state index >= 15 is 0 Å². The van der Waals surface area contributed by atoms with Gasteiger partial charge in [0.25, 0.3) is 0 Å². The Hall–Kier alpha value is -1.36. The van der Waals surface area contributed by atoms with E-state index in [1.54, 1.807) is 0 Å². The van der Waals surface area contributed by atoms with Gasteiger partial charge in [0.2, 0.25) is 0 Å². The first-order valence-corrected chi connectivity index (χ1v) is 4.20. The van der Waals surface area contributed by atoms with Crippen molar-refractivity contribution in [3.8, 4) is 6.07 Å². The number of pyridine rings is 1. The molecule has 0 bridgehead atoms. The van der Waals surface area contributed by atoms with Crippen molar-refractivity contribution >= 4 is 0 Å². The van der Waals surface area contributed by atoms with Crippen molar-refractivity contribution in [1.29, 1.82) is 5.26 Å². The molecule has 0 fully saturated rings. The lowest BCUT2D eigenvalue weighted by atomic mass is 10.1. The van der Waals surface area contributed by atoms with Crippen molar-refractivity contribution in [3.63, 3.8) is 0 Å². The van der Waals surface area contributed by atoms with Crippen LogP contribution in [0.3, 0.4) is 0 Å². The topological polar surface area (TPSA) is 36.7 Å². The summed E-state index contributed by atoms with van der Waals surface area (Å²) in [7, 11) is 0. The molecular formula is C10H12N2. The lowest BCUT2D eigenvalue weighted by Crippen LogP contribution is -1.93. The average Bonchev–Trinajstić information content (AvgIpc) is 2.16. The Kier molecular flexibility index (Phi) is 2.82. The van der Waals surface area contributed by atoms with Gasteiger partial charge < -0.3 is 0 Å². The molecular weight excluding hydrogens is 148 g/mol. The van der Waals surface area contributed by atoms with Gasteiger partial charge in [-0.1, -0.05) is 13.8 Å². The van der Waals surface area contributed by atoms with E-state index in [0.717, 1.165) is 18.5 Å². The fourth-order valence-electron chi connectivity index (χ4n) is 1.09. The van der Waals surface area contributed by atoms with Gasteiger partial charge >= 0.3 is 0 Å². The molecule has 2 heteroatoms. The number of aromatic nitrogens is 1. The predicted octanol–water partition coefficient (Wildman–Crippen LogP) is 2.08. The van der Waals surface area contributed by atoms with E-state index in [1.807, 2.05) is 13.0 Å². The first kappa shape index (κ1) is 8.73. The lowest BCUT2D eigenvalue weighted by Gasteiger charge is -2.00. The molecule has 0 N–H and O–H groups in total. The molecule has 0 unspecified atom stereocenters. The zero-order valence-corrected chi connectivity index (χ0v) is 7.46. The highest BCUT2D eigenvalue weighted by Gasteiger charge is 1.98. The van der Waals surface area contributed by atoms with E-state index in [-0.39, 0.29) is 0 Å². The number of nitriles is 1. The van der Waals surface area contributed by atoms with Crippen LogP contribution in [0.2, 0.25) is 0 Å². The molecule has 0 spiro atoms. The molecule has 0 radical (unpaired) electrons. The van der Waals surface area contributed by atoms with Crippen molar-refractivity contribution in [2.24, 2.45) is 0 Å². The highest BCUT2D eigenvalue weighted by molar-refractivity contribution is 5.28. The van der Waals surface area contributed by atoms with Gasteiger partial charge in [-0.25, -0.2) is 4.98 Å². The van der Waals surface area contributed by atoms with Crippen LogP contribution in [0.25, 0.3) is 0 Å². The molecule has 62 valence electrons. The Bertz CT molecular complexity index is 288. The molecule has 0 atom stereocenters. The van der Waals surface area contributed by atoms with Crippen molar-refractivity contribution in [1.82, 2.24) is 4.98 Å². The summed E-state index contributed by atoms with van der Waals surface area (Å²) in [6, 6.07) is 5.97. The Labute approximate surface area is 72.9 Å². The molecule has 0 aromatic carbocycles. The van der Waals surface area contributed by atoms with Crippen LogP contribution in [0.1, 0.15) is 30.8 Å². The summed E-state index contributed by atoms with van der Waals surface area (Å²) >= 11 is 0. The minimum Gasteiger partial charge on any atom is -0.242 e. The summed E-state index contributed by atoms with van der Waals surface area (Å²) in [5, 5.41) is 8.67. The van der Waals surface area contributed by atoms with E-state index in [2.05, 4.69) is 24.0 Å². The summed E-state index contributed by atoms with van der Waals surface area (Å²) in [5.41, 5.74) is 2.73. The maximum atomic E-state index is 8.67. The standard InChI is InChI=1S/C10H12N2/c1-3-8-5-9(4-2)12-10(6-8)7-11/h5-6H,3-4H2,1-2H3. The van der Waals surface area contributed by atoms with Gasteiger partial charge in [0, 0.05) is 5.69 Å². The molecule has 2 nitrogen and oxygen atoms in total. The normalized spacial score (nSPS) is 9.42. The molecule has 0 aliphatic carbocycles. The molecule has 1 heterocycles. The number of aryl methyl sites for hydroxylation is 2. The molecule has 0 amide bonds. The summed E-state index contributed by atoms with van der Waals surface area (Å²) in [4.78, 5) is 4.16. The Balaban J connectivity index is 3.12. The highest BCUT2D eigenvalue weighted by Crippen LogP contribution is 2.06. The molecule has 0 aliphatic heterocycles. The van der Waals surface area contributed by atoms with Crippen LogP contribution < -0.4 is 0 Å². The van der Waals surface area contributed by atoms with E-state index in [4.69, 9.17) is 5.26 Å². The van der Waals surface area contributed by atoms with Crippen molar-refractivity contribution < 1.29 is 0 Å². The van der Waals surface area contributed by atoms with Crippen LogP contribution >= 0.6 is 0 Å². The molecule has 0 aliphatic rings. The van der Waals surface area contributed by atoms with E-state index < -0.39 is 0 Å². The van der Waals surface area contributed by atoms with Crippen molar-refractivity contribution in [2.75, 3.05) is 0 Å². The number of hydrogen-bond donors (Lipinski definition) is 0. The zero-order chi connectivity index (χ0) is 8.97. The van der Waals surface area contributed by atoms with Gasteiger partial charge in [-0.05, 0) is 30.5 Å². The highest BCUT2D eigenvalue weighted by atomic mass is 14.7. The van der Waals surface area contributed by atoms with Crippen LogP contribution in [0.5, 0.6) is 0 Å². The van der Waals surface area contributed by atoms with E-state index in [0.29, 0.717) is 5.69 Å². The van der Waals surface area contributed by atoms with Gasteiger partial charge in [0.1, 0.15) is 11.8 Å². The van der Waals surface area contributed by atoms with Gasteiger partial charge in [-0.2, -0.15) is 5.26 Å². The maximum absolute atomic E-state index is 8.67. The SMILES string of the molecule is CCc1cc(C#N)nc(CC)c1. The molecule has 12 heavy (non-hydrogen) atoms. The lowest BCUT2D eigenvalue weighted by molar-refractivity contribution is 0.994. The Morgan fingerprint density at radius 3 is 2.58 bits per heavy atom. The molecule has 0 saturated carbocycles. The second kappa shape index (κ2) is 3.87. The maximum Gasteiger partial charge on any atom is 0.141 e. The van der Waals surface area contributed by atoms with Crippen LogP contribution in [-0.4, -0.2) is 4.98 Å². The van der Waals surface area contributed by atoms with Gasteiger partial charge in [-0.15, -0.1) is 0 Å². The van der Waals surface area contributed by atoms with Gasteiger partial charge in [0.05, 0.1) is 0 Å². The van der Waals surface area contributed by atoms with Crippen LogP contribution in [0.15, 0.2) is 12.1 Å². The fourth-order valence-corrected chi connectivity index (χ4v) is 1.09. The third-order valence-corrected chi connectivity index (χ3v) is 1.82. The minimum absolute atomic E-state index is 0.534. The molecule has 1 rings (SSSR count). The average molecular weight is 160 g/mol. The first-order chi connectivity index (χ1) is 5.80. The molecule has 1 aromatic heterocycles. The largest absolute Gasteiger partial charge is 0.242 e. The monoisotopic (exact) mass is 160 g/mol. The number of rotatable bonds is 2. The summed E-state index contributed by atoms with van der Waals surface area (Å²) in [6.45, 7) is 4.12. The number of hydrogen-bond acceptors (Lipinski definition) is 2. The second-order valence-electron chi connectivity index (χ2n) is 2.67. The van der Waals surface area contributed by atoms with Crippen LogP contribution in [0.4, 0.5) is 0 Å². The summed E-state index contributed by atoms with van der Waals surface area (Å²) < 4.78 is 0. The summed E-state index contributed by atoms with van der Waals surface area (Å²) in [6.07, 6.45) is 1.85. The van der Waals surface area contributed by atoms with Gasteiger partial charge in [-0.3, -0.25) is 0 Å². The number of nitrogens with zero attached hydrogens (tertiary/aromatic N) is 2. The molecule has 0 saturated heterocycles. The van der Waals surface area contributed by atoms with E-state index in [9.17, 15) is 0 Å². The van der Waals surface area contributed by atoms with Crippen molar-refractivity contribution in [3.05, 3.63) is 29.1 Å². The predicted molar refractivity (Wildman–Crippen MR) is 47.7 cm³/mol. The zero-order valence-electron chi connectivity index (χ0n) is 7.46. The van der Waals surface area contributed by atoms with Crippen LogP contribution in [-0.2, 0) is 12.8 Å². The smallest absolute Gasteiger partial charge is 0.141 e.